The zero-order valence-electron chi connectivity index (χ0n) is 9.97. The van der Waals surface area contributed by atoms with Crippen molar-refractivity contribution in [2.75, 3.05) is 18.4 Å². The number of likely N-dealkylation sites (tertiary alicyclic amines) is 1. The van der Waals surface area contributed by atoms with Crippen LogP contribution in [0.5, 0.6) is 0 Å². The van der Waals surface area contributed by atoms with Crippen LogP contribution < -0.4 is 5.32 Å². The molecule has 17 heavy (non-hydrogen) atoms. The van der Waals surface area contributed by atoms with Crippen molar-refractivity contribution < 1.29 is 4.79 Å². The maximum absolute atomic E-state index is 11.9. The molecule has 1 fully saturated rings. The monoisotopic (exact) mass is 276 g/mol. The van der Waals surface area contributed by atoms with Crippen molar-refractivity contribution in [2.24, 2.45) is 0 Å². The van der Waals surface area contributed by atoms with E-state index in [-0.39, 0.29) is 24.4 Å². The number of aryl methyl sites for hydroxylation is 1. The van der Waals surface area contributed by atoms with E-state index < -0.39 is 0 Å². The van der Waals surface area contributed by atoms with Crippen molar-refractivity contribution in [1.29, 1.82) is 0 Å². The minimum absolute atomic E-state index is 0. The molecule has 0 saturated carbocycles. The van der Waals surface area contributed by atoms with Crippen LogP contribution in [0, 0.1) is 6.92 Å². The zero-order chi connectivity index (χ0) is 11.5. The Morgan fingerprint density at radius 1 is 1.41 bits per heavy atom. The molecule has 0 aromatic carbocycles. The number of carbonyl (C=O) groups excluding carboxylic acids is 1. The molecule has 1 aromatic heterocycles. The molecule has 1 aliphatic heterocycles. The first-order valence-electron chi connectivity index (χ1n) is 5.52. The molecule has 96 valence electrons. The van der Waals surface area contributed by atoms with Gasteiger partial charge in [0.15, 0.2) is 0 Å². The van der Waals surface area contributed by atoms with Gasteiger partial charge in [-0.3, -0.25) is 15.0 Å². The molecule has 1 N–H and O–H groups in total. The molecule has 1 atom stereocenters. The summed E-state index contributed by atoms with van der Waals surface area (Å²) in [6.07, 6.45) is 2.38. The van der Waals surface area contributed by atoms with Crippen LogP contribution in [0.4, 0.5) is 5.13 Å². The molecule has 0 spiro atoms. The number of nitrogens with one attached hydrogen (secondary N) is 1. The lowest BCUT2D eigenvalue weighted by molar-refractivity contribution is -0.120. The van der Waals surface area contributed by atoms with E-state index in [1.807, 2.05) is 13.8 Å². The number of nitrogens with zero attached hydrogens (tertiary/aromatic N) is 3. The summed E-state index contributed by atoms with van der Waals surface area (Å²) >= 11 is 1.40. The molecule has 0 radical (unpaired) electrons. The van der Waals surface area contributed by atoms with Crippen molar-refractivity contribution in [2.45, 2.75) is 32.7 Å². The summed E-state index contributed by atoms with van der Waals surface area (Å²) in [7, 11) is 0. The third kappa shape index (κ3) is 3.62. The SMILES string of the molecule is Cc1nnc(NC(=O)C(C)N2CCCC2)s1.Cl. The van der Waals surface area contributed by atoms with Crippen LogP contribution in [0.25, 0.3) is 0 Å². The summed E-state index contributed by atoms with van der Waals surface area (Å²) in [6, 6.07) is -0.0771. The highest BCUT2D eigenvalue weighted by atomic mass is 35.5. The average molecular weight is 277 g/mol. The van der Waals surface area contributed by atoms with E-state index in [0.29, 0.717) is 5.13 Å². The molecule has 0 bridgehead atoms. The number of rotatable bonds is 3. The van der Waals surface area contributed by atoms with Crippen LogP contribution in [0.1, 0.15) is 24.8 Å². The molecular weight excluding hydrogens is 260 g/mol. The molecule has 1 aliphatic rings. The molecule has 1 saturated heterocycles. The molecule has 1 amide bonds. The highest BCUT2D eigenvalue weighted by Gasteiger charge is 2.24. The van der Waals surface area contributed by atoms with Crippen LogP contribution in [-0.2, 0) is 4.79 Å². The number of hydrogen-bond donors (Lipinski definition) is 1. The zero-order valence-corrected chi connectivity index (χ0v) is 11.6. The summed E-state index contributed by atoms with van der Waals surface area (Å²) in [4.78, 5) is 14.1. The van der Waals surface area contributed by atoms with Gasteiger partial charge in [0.05, 0.1) is 6.04 Å². The van der Waals surface area contributed by atoms with Crippen LogP contribution in [0.2, 0.25) is 0 Å². The fraction of sp³-hybridized carbons (Fsp3) is 0.700. The Kier molecular flexibility index (Phi) is 5.30. The van der Waals surface area contributed by atoms with E-state index in [0.717, 1.165) is 18.1 Å². The lowest BCUT2D eigenvalue weighted by Crippen LogP contribution is -2.40. The van der Waals surface area contributed by atoms with Gasteiger partial charge in [0.25, 0.3) is 0 Å². The molecule has 1 aromatic rings. The number of anilines is 1. The normalized spacial score (nSPS) is 17.5. The smallest absolute Gasteiger partial charge is 0.243 e. The van der Waals surface area contributed by atoms with E-state index in [1.165, 1.54) is 24.2 Å². The predicted molar refractivity (Wildman–Crippen MR) is 70.8 cm³/mol. The van der Waals surface area contributed by atoms with E-state index >= 15 is 0 Å². The number of aromatic nitrogens is 2. The third-order valence-electron chi connectivity index (χ3n) is 2.82. The second-order valence-corrected chi connectivity index (χ2v) is 5.22. The molecule has 1 unspecified atom stereocenters. The van der Waals surface area contributed by atoms with E-state index in [9.17, 15) is 4.79 Å². The van der Waals surface area contributed by atoms with E-state index in [1.54, 1.807) is 0 Å². The fourth-order valence-electron chi connectivity index (χ4n) is 1.85. The van der Waals surface area contributed by atoms with Gasteiger partial charge in [0.2, 0.25) is 11.0 Å². The summed E-state index contributed by atoms with van der Waals surface area (Å²) in [5, 5.41) is 12.0. The first kappa shape index (κ1) is 14.3. The van der Waals surface area contributed by atoms with Crippen molar-refractivity contribution in [1.82, 2.24) is 15.1 Å². The van der Waals surface area contributed by atoms with E-state index in [4.69, 9.17) is 0 Å². The lowest BCUT2D eigenvalue weighted by atomic mass is 10.3. The van der Waals surface area contributed by atoms with Crippen molar-refractivity contribution in [3.05, 3.63) is 5.01 Å². The Morgan fingerprint density at radius 3 is 2.59 bits per heavy atom. The standard InChI is InChI=1S/C10H16N4OS.ClH/c1-7(14-5-3-4-6-14)9(15)11-10-13-12-8(2)16-10;/h7H,3-6H2,1-2H3,(H,11,13,15);1H. The van der Waals surface area contributed by atoms with Gasteiger partial charge in [0, 0.05) is 0 Å². The van der Waals surface area contributed by atoms with Gasteiger partial charge in [-0.15, -0.1) is 22.6 Å². The van der Waals surface area contributed by atoms with Gasteiger partial charge in [-0.1, -0.05) is 11.3 Å². The van der Waals surface area contributed by atoms with Crippen LogP contribution in [0.3, 0.4) is 0 Å². The third-order valence-corrected chi connectivity index (χ3v) is 3.58. The maximum atomic E-state index is 11.9. The molecule has 5 nitrogen and oxygen atoms in total. The van der Waals surface area contributed by atoms with Crippen LogP contribution in [0.15, 0.2) is 0 Å². The minimum atomic E-state index is -0.0771. The fourth-order valence-corrected chi connectivity index (χ4v) is 2.45. The Morgan fingerprint density at radius 2 is 2.06 bits per heavy atom. The van der Waals surface area contributed by atoms with Gasteiger partial charge < -0.3 is 0 Å². The Balaban J connectivity index is 0.00000144. The summed E-state index contributed by atoms with van der Waals surface area (Å²) in [6.45, 7) is 5.85. The quantitative estimate of drug-likeness (QED) is 0.913. The van der Waals surface area contributed by atoms with Crippen molar-refractivity contribution in [3.63, 3.8) is 0 Å². The van der Waals surface area contributed by atoms with Gasteiger partial charge in [0.1, 0.15) is 5.01 Å². The molecule has 0 aliphatic carbocycles. The Hall–Kier alpha value is -0.720. The first-order valence-corrected chi connectivity index (χ1v) is 6.33. The van der Waals surface area contributed by atoms with Crippen LogP contribution in [-0.4, -0.2) is 40.1 Å². The highest BCUT2D eigenvalue weighted by Crippen LogP contribution is 2.16. The Bertz CT molecular complexity index is 378. The number of halogens is 1. The lowest BCUT2D eigenvalue weighted by Gasteiger charge is -2.21. The summed E-state index contributed by atoms with van der Waals surface area (Å²) < 4.78 is 0. The second-order valence-electron chi connectivity index (χ2n) is 4.03. The molecule has 7 heteroatoms. The summed E-state index contributed by atoms with van der Waals surface area (Å²) in [5.74, 6) is 0.0121. The number of amides is 1. The van der Waals surface area contributed by atoms with Gasteiger partial charge in [-0.25, -0.2) is 0 Å². The van der Waals surface area contributed by atoms with Crippen molar-refractivity contribution >= 4 is 34.8 Å². The van der Waals surface area contributed by atoms with Gasteiger partial charge >= 0.3 is 0 Å². The molecular formula is C10H17ClN4OS. The van der Waals surface area contributed by atoms with Gasteiger partial charge in [-0.05, 0) is 39.8 Å². The van der Waals surface area contributed by atoms with Gasteiger partial charge in [-0.2, -0.15) is 0 Å². The second kappa shape index (κ2) is 6.28. The van der Waals surface area contributed by atoms with Crippen molar-refractivity contribution in [3.8, 4) is 0 Å². The van der Waals surface area contributed by atoms with E-state index in [2.05, 4.69) is 20.4 Å². The maximum Gasteiger partial charge on any atom is 0.243 e. The average Bonchev–Trinajstić information content (AvgIpc) is 2.88. The molecule has 2 heterocycles. The topological polar surface area (TPSA) is 58.1 Å². The minimum Gasteiger partial charge on any atom is -0.299 e. The highest BCUT2D eigenvalue weighted by molar-refractivity contribution is 7.15. The Labute approximate surface area is 111 Å². The summed E-state index contributed by atoms with van der Waals surface area (Å²) in [5.41, 5.74) is 0. The predicted octanol–water partition coefficient (Wildman–Crippen LogP) is 1.69. The van der Waals surface area contributed by atoms with Crippen LogP contribution >= 0.6 is 23.7 Å². The molecule has 2 rings (SSSR count). The number of hydrogen-bond acceptors (Lipinski definition) is 5. The first-order chi connectivity index (χ1) is 7.66. The largest absolute Gasteiger partial charge is 0.299 e. The number of carbonyl (C=O) groups is 1.